The summed E-state index contributed by atoms with van der Waals surface area (Å²) in [4.78, 5) is 20.9. The van der Waals surface area contributed by atoms with Crippen molar-refractivity contribution >= 4 is 5.91 Å². The van der Waals surface area contributed by atoms with E-state index in [1.807, 2.05) is 24.3 Å². The normalized spacial score (nSPS) is 10.4. The maximum Gasteiger partial charge on any atom is 0.287 e. The zero-order valence-electron chi connectivity index (χ0n) is 14.7. The molecule has 0 atom stereocenters. The monoisotopic (exact) mass is 352 g/mol. The number of imidazole rings is 1. The van der Waals surface area contributed by atoms with E-state index in [1.165, 1.54) is 0 Å². The molecule has 0 saturated heterocycles. The highest BCUT2D eigenvalue weighted by Crippen LogP contribution is 2.15. The third-order valence-corrected chi connectivity index (χ3v) is 3.92. The first kappa shape index (κ1) is 17.5. The number of benzene rings is 1. The molecule has 0 aliphatic rings. The van der Waals surface area contributed by atoms with Gasteiger partial charge in [0.2, 0.25) is 0 Å². The van der Waals surface area contributed by atoms with E-state index in [0.29, 0.717) is 23.8 Å². The lowest BCUT2D eigenvalue weighted by Crippen LogP contribution is -2.27. The molecule has 3 aromatic rings. The first-order chi connectivity index (χ1) is 12.7. The summed E-state index contributed by atoms with van der Waals surface area (Å²) in [6.45, 7) is 0.803. The van der Waals surface area contributed by atoms with Crippen LogP contribution in [0.4, 0.5) is 0 Å². The molecule has 0 bridgehead atoms. The Bertz CT molecular complexity index is 875. The van der Waals surface area contributed by atoms with Gasteiger partial charge < -0.3 is 19.4 Å². The first-order valence-electron chi connectivity index (χ1n) is 8.11. The van der Waals surface area contributed by atoms with Crippen LogP contribution in [0.25, 0.3) is 0 Å². The van der Waals surface area contributed by atoms with Crippen molar-refractivity contribution in [2.24, 2.45) is 0 Å². The van der Waals surface area contributed by atoms with Gasteiger partial charge in [-0.15, -0.1) is 0 Å². The van der Waals surface area contributed by atoms with Gasteiger partial charge in [-0.3, -0.25) is 9.78 Å². The van der Waals surface area contributed by atoms with E-state index in [1.54, 1.807) is 49.5 Å². The highest BCUT2D eigenvalue weighted by atomic mass is 16.5. The number of pyridine rings is 1. The molecule has 0 saturated carbocycles. The topological polar surface area (TPSA) is 78.3 Å². The van der Waals surface area contributed by atoms with E-state index in [4.69, 9.17) is 9.47 Å². The van der Waals surface area contributed by atoms with Crippen LogP contribution >= 0.6 is 0 Å². The number of carbonyl (C=O) groups excluding carboxylic acids is 1. The molecule has 7 nitrogen and oxygen atoms in total. The van der Waals surface area contributed by atoms with Crippen molar-refractivity contribution in [1.29, 1.82) is 0 Å². The maximum absolute atomic E-state index is 12.5. The zero-order chi connectivity index (χ0) is 18.4. The minimum Gasteiger partial charge on any atom is -0.497 e. The summed E-state index contributed by atoms with van der Waals surface area (Å²) in [6, 6.07) is 11.3. The number of methoxy groups -OCH3 is 2. The number of nitrogens with zero attached hydrogens (tertiary/aromatic N) is 3. The number of rotatable bonds is 7. The lowest BCUT2D eigenvalue weighted by Gasteiger charge is -2.10. The Morgan fingerprint density at radius 3 is 2.62 bits per heavy atom. The van der Waals surface area contributed by atoms with Gasteiger partial charge in [-0.25, -0.2) is 4.98 Å². The SMILES string of the molecule is COc1ccc(Cn2ccnc2C(=O)NCc2ncccc2OC)cc1. The number of hydrogen-bond donors (Lipinski definition) is 1. The van der Waals surface area contributed by atoms with Gasteiger partial charge in [0.25, 0.3) is 5.91 Å². The van der Waals surface area contributed by atoms with Gasteiger partial charge in [-0.2, -0.15) is 0 Å². The van der Waals surface area contributed by atoms with E-state index in [-0.39, 0.29) is 12.5 Å². The fourth-order valence-electron chi connectivity index (χ4n) is 2.56. The molecule has 26 heavy (non-hydrogen) atoms. The Kier molecular flexibility index (Phi) is 5.48. The smallest absolute Gasteiger partial charge is 0.287 e. The third kappa shape index (κ3) is 4.00. The third-order valence-electron chi connectivity index (χ3n) is 3.92. The summed E-state index contributed by atoms with van der Waals surface area (Å²) in [5.41, 5.74) is 1.71. The molecule has 0 aliphatic carbocycles. The molecular formula is C19H20N4O3. The van der Waals surface area contributed by atoms with Gasteiger partial charge in [0.15, 0.2) is 5.82 Å². The van der Waals surface area contributed by atoms with Crippen LogP contribution in [-0.4, -0.2) is 34.7 Å². The molecule has 1 N–H and O–H groups in total. The highest BCUT2D eigenvalue weighted by Gasteiger charge is 2.14. The average Bonchev–Trinajstić information content (AvgIpc) is 3.15. The average molecular weight is 352 g/mol. The van der Waals surface area contributed by atoms with Crippen molar-refractivity contribution in [3.63, 3.8) is 0 Å². The van der Waals surface area contributed by atoms with Crippen LogP contribution < -0.4 is 14.8 Å². The Balaban J connectivity index is 1.68. The largest absolute Gasteiger partial charge is 0.497 e. The highest BCUT2D eigenvalue weighted by molar-refractivity contribution is 5.90. The van der Waals surface area contributed by atoms with E-state index in [0.717, 1.165) is 11.3 Å². The molecule has 2 heterocycles. The Labute approximate surface area is 151 Å². The van der Waals surface area contributed by atoms with Gasteiger partial charge >= 0.3 is 0 Å². The van der Waals surface area contributed by atoms with Crippen molar-refractivity contribution in [1.82, 2.24) is 19.9 Å². The Hall–Kier alpha value is -3.35. The minimum atomic E-state index is -0.267. The molecule has 0 unspecified atom stereocenters. The van der Waals surface area contributed by atoms with Crippen LogP contribution in [-0.2, 0) is 13.1 Å². The number of nitrogens with one attached hydrogen (secondary N) is 1. The van der Waals surface area contributed by atoms with Crippen molar-refractivity contribution in [2.75, 3.05) is 14.2 Å². The minimum absolute atomic E-state index is 0.262. The molecule has 1 amide bonds. The fourth-order valence-corrected chi connectivity index (χ4v) is 2.56. The lowest BCUT2D eigenvalue weighted by atomic mass is 10.2. The molecule has 134 valence electrons. The number of aromatic nitrogens is 3. The number of ether oxygens (including phenoxy) is 2. The van der Waals surface area contributed by atoms with Gasteiger partial charge in [0.05, 0.1) is 20.8 Å². The molecule has 1 aromatic carbocycles. The first-order valence-corrected chi connectivity index (χ1v) is 8.11. The standard InChI is InChI=1S/C19H20N4O3/c1-25-15-7-5-14(6-8-15)13-23-11-10-21-18(23)19(24)22-12-16-17(26-2)4-3-9-20-16/h3-11H,12-13H2,1-2H3,(H,22,24). The molecule has 0 aliphatic heterocycles. The second-order valence-corrected chi connectivity index (χ2v) is 5.56. The van der Waals surface area contributed by atoms with Crippen molar-refractivity contribution < 1.29 is 14.3 Å². The van der Waals surface area contributed by atoms with Gasteiger partial charge in [0.1, 0.15) is 17.2 Å². The summed E-state index contributed by atoms with van der Waals surface area (Å²) in [5, 5.41) is 2.84. The second kappa shape index (κ2) is 8.15. The van der Waals surface area contributed by atoms with E-state index >= 15 is 0 Å². The van der Waals surface area contributed by atoms with E-state index in [2.05, 4.69) is 15.3 Å². The molecule has 3 rings (SSSR count). The summed E-state index contributed by atoms with van der Waals surface area (Å²) in [7, 11) is 3.20. The van der Waals surface area contributed by atoms with Gasteiger partial charge in [-0.05, 0) is 29.8 Å². The maximum atomic E-state index is 12.5. The Morgan fingerprint density at radius 1 is 1.08 bits per heavy atom. The van der Waals surface area contributed by atoms with Crippen LogP contribution in [0, 0.1) is 0 Å². The van der Waals surface area contributed by atoms with Crippen LogP contribution in [0.15, 0.2) is 55.0 Å². The summed E-state index contributed by atoms with van der Waals surface area (Å²) < 4.78 is 12.2. The molecular weight excluding hydrogens is 332 g/mol. The van der Waals surface area contributed by atoms with Crippen LogP contribution in [0.2, 0.25) is 0 Å². The van der Waals surface area contributed by atoms with Crippen LogP contribution in [0.3, 0.4) is 0 Å². The molecule has 7 heteroatoms. The number of amides is 1. The molecule has 0 spiro atoms. The van der Waals surface area contributed by atoms with Crippen LogP contribution in [0.1, 0.15) is 21.9 Å². The predicted molar refractivity (Wildman–Crippen MR) is 96.3 cm³/mol. The van der Waals surface area contributed by atoms with Crippen molar-refractivity contribution in [3.8, 4) is 11.5 Å². The van der Waals surface area contributed by atoms with E-state index in [9.17, 15) is 4.79 Å². The van der Waals surface area contributed by atoms with Gasteiger partial charge in [0, 0.05) is 25.1 Å². The number of hydrogen-bond acceptors (Lipinski definition) is 5. The zero-order valence-corrected chi connectivity index (χ0v) is 14.7. The molecule has 0 radical (unpaired) electrons. The van der Waals surface area contributed by atoms with Crippen molar-refractivity contribution in [2.45, 2.75) is 13.1 Å². The van der Waals surface area contributed by atoms with E-state index < -0.39 is 0 Å². The quantitative estimate of drug-likeness (QED) is 0.706. The summed E-state index contributed by atoms with van der Waals surface area (Å²) >= 11 is 0. The van der Waals surface area contributed by atoms with Gasteiger partial charge in [-0.1, -0.05) is 12.1 Å². The fraction of sp³-hybridized carbons (Fsp3) is 0.211. The molecule has 2 aromatic heterocycles. The summed E-state index contributed by atoms with van der Waals surface area (Å²) in [5.74, 6) is 1.50. The second-order valence-electron chi connectivity index (χ2n) is 5.56. The number of carbonyl (C=O) groups is 1. The van der Waals surface area contributed by atoms with Crippen molar-refractivity contribution in [3.05, 3.63) is 72.1 Å². The van der Waals surface area contributed by atoms with Crippen LogP contribution in [0.5, 0.6) is 11.5 Å². The lowest BCUT2D eigenvalue weighted by molar-refractivity contribution is 0.0936. The predicted octanol–water partition coefficient (Wildman–Crippen LogP) is 2.27. The Morgan fingerprint density at radius 2 is 1.88 bits per heavy atom. The molecule has 0 fully saturated rings. The summed E-state index contributed by atoms with van der Waals surface area (Å²) in [6.07, 6.45) is 5.05.